The number of carbonyl (C=O) groups is 3. The molecular weight excluding hydrogens is 647 g/mol. The van der Waals surface area contributed by atoms with Gasteiger partial charge >= 0.3 is 12.2 Å². The zero-order valence-electron chi connectivity index (χ0n) is 26.3. The predicted molar refractivity (Wildman–Crippen MR) is 176 cm³/mol. The van der Waals surface area contributed by atoms with Crippen LogP contribution in [-0.2, 0) is 6.18 Å². The zero-order valence-corrected chi connectivity index (χ0v) is 27.1. The molecule has 48 heavy (non-hydrogen) atoms. The second kappa shape index (κ2) is 14.4. The van der Waals surface area contributed by atoms with E-state index in [2.05, 4.69) is 15.6 Å². The Balaban J connectivity index is 1.39. The van der Waals surface area contributed by atoms with Gasteiger partial charge in [0, 0.05) is 47.9 Å². The normalized spacial score (nSPS) is 17.0. The van der Waals surface area contributed by atoms with Gasteiger partial charge < -0.3 is 30.3 Å². The Morgan fingerprint density at radius 1 is 1.10 bits per heavy atom. The lowest BCUT2D eigenvalue weighted by atomic mass is 9.99. The van der Waals surface area contributed by atoms with Gasteiger partial charge in [-0.3, -0.25) is 9.59 Å². The lowest BCUT2D eigenvalue weighted by Crippen LogP contribution is -2.50. The third-order valence-corrected chi connectivity index (χ3v) is 8.85. The van der Waals surface area contributed by atoms with Crippen LogP contribution in [0.5, 0.6) is 5.75 Å². The number of rotatable bonds is 8. The predicted octanol–water partition coefficient (Wildman–Crippen LogP) is 6.47. The van der Waals surface area contributed by atoms with Crippen molar-refractivity contribution in [2.24, 2.45) is 5.92 Å². The van der Waals surface area contributed by atoms with E-state index >= 15 is 0 Å². The van der Waals surface area contributed by atoms with Gasteiger partial charge in [0.15, 0.2) is 5.75 Å². The molecule has 4 amide bonds. The molecule has 0 spiro atoms. The summed E-state index contributed by atoms with van der Waals surface area (Å²) in [5.74, 6) is -1.09. The average molecular weight is 682 g/mol. The van der Waals surface area contributed by atoms with Gasteiger partial charge in [0.25, 0.3) is 11.8 Å². The fourth-order valence-corrected chi connectivity index (χ4v) is 5.84. The molecule has 4 aromatic rings. The number of hydrogen-bond acceptors (Lipinski definition) is 7. The molecule has 3 aromatic carbocycles. The number of likely N-dealkylation sites (N-methyl/N-ethyl adjacent to an activating group) is 1. The van der Waals surface area contributed by atoms with Crippen LogP contribution in [0.25, 0.3) is 10.6 Å². The monoisotopic (exact) mass is 681 g/mol. The van der Waals surface area contributed by atoms with Crippen LogP contribution in [0.1, 0.15) is 40.1 Å². The molecule has 3 N–H and O–H groups in total. The highest BCUT2D eigenvalue weighted by molar-refractivity contribution is 7.13. The molecule has 5 rings (SSSR count). The van der Waals surface area contributed by atoms with Crippen LogP contribution in [0.3, 0.4) is 0 Å². The molecule has 0 saturated carbocycles. The largest absolute Gasteiger partial charge is 0.485 e. The number of nitrogens with zero attached hydrogens (tertiary/aromatic N) is 3. The first-order valence-electron chi connectivity index (χ1n) is 15.1. The van der Waals surface area contributed by atoms with Crippen molar-refractivity contribution in [1.29, 1.82) is 0 Å². The fraction of sp³-hybridized carbons (Fsp3) is 0.294. The number of benzene rings is 3. The van der Waals surface area contributed by atoms with Gasteiger partial charge in [-0.1, -0.05) is 25.1 Å². The van der Waals surface area contributed by atoms with Gasteiger partial charge in [0.05, 0.1) is 36.0 Å². The first-order chi connectivity index (χ1) is 22.8. The number of halogens is 3. The quantitative estimate of drug-likeness (QED) is 0.196. The molecule has 1 aliphatic rings. The number of anilines is 2. The molecule has 252 valence electrons. The zero-order chi connectivity index (χ0) is 34.6. The molecule has 0 saturated heterocycles. The van der Waals surface area contributed by atoms with Gasteiger partial charge in [0.2, 0.25) is 0 Å². The summed E-state index contributed by atoms with van der Waals surface area (Å²) in [6.07, 6.45) is -3.51. The first kappa shape index (κ1) is 34.4. The molecule has 0 unspecified atom stereocenters. The highest BCUT2D eigenvalue weighted by Crippen LogP contribution is 2.36. The van der Waals surface area contributed by atoms with Crippen LogP contribution < -0.4 is 15.4 Å². The van der Waals surface area contributed by atoms with Crippen molar-refractivity contribution in [1.82, 2.24) is 14.8 Å². The summed E-state index contributed by atoms with van der Waals surface area (Å²) in [5, 5.41) is 18.1. The number of thiazole rings is 1. The van der Waals surface area contributed by atoms with E-state index in [1.54, 1.807) is 55.6 Å². The van der Waals surface area contributed by atoms with Crippen molar-refractivity contribution < 1.29 is 37.4 Å². The van der Waals surface area contributed by atoms with E-state index in [1.165, 1.54) is 40.3 Å². The number of hydrogen-bond donors (Lipinski definition) is 3. The maximum absolute atomic E-state index is 13.8. The fourth-order valence-electron chi connectivity index (χ4n) is 5.20. The minimum absolute atomic E-state index is 0.0170. The van der Waals surface area contributed by atoms with Gasteiger partial charge in [-0.25, -0.2) is 9.78 Å². The lowest BCUT2D eigenvalue weighted by Gasteiger charge is -2.38. The van der Waals surface area contributed by atoms with Crippen LogP contribution in [0.2, 0.25) is 0 Å². The molecule has 2 heterocycles. The molecule has 1 aliphatic heterocycles. The lowest BCUT2D eigenvalue weighted by molar-refractivity contribution is -0.137. The summed E-state index contributed by atoms with van der Waals surface area (Å²) in [6.45, 7) is 3.48. The van der Waals surface area contributed by atoms with E-state index in [1.807, 2.05) is 12.3 Å². The second-order valence-electron chi connectivity index (χ2n) is 11.6. The average Bonchev–Trinajstić information content (AvgIpc) is 3.61. The first-order valence-corrected chi connectivity index (χ1v) is 16.0. The van der Waals surface area contributed by atoms with E-state index in [9.17, 15) is 32.7 Å². The van der Waals surface area contributed by atoms with E-state index in [-0.39, 0.29) is 48.3 Å². The number of urea groups is 1. The molecule has 1 aromatic heterocycles. The molecule has 0 fully saturated rings. The number of aliphatic hydroxyl groups excluding tert-OH is 1. The standard InChI is InChI=1S/C34H34F3N5O5S/c1-20-17-42(21(2)19-43)32(45)26-5-4-6-27(40-30(44)22-7-9-23(10-8-22)31-38-15-16-48-31)29(26)47-28(20)18-41(3)33(46)39-25-13-11-24(12-14-25)34(35,36)37/h4-16,20-21,28,43H,17-19H2,1-3H3,(H,39,46)(H,40,44)/t20-,21+,28+/m0/s1. The number of aliphatic hydroxyl groups is 1. The molecule has 10 nitrogen and oxygen atoms in total. The van der Waals surface area contributed by atoms with Crippen molar-refractivity contribution in [3.8, 4) is 16.3 Å². The Labute approximate surface area is 279 Å². The second-order valence-corrected chi connectivity index (χ2v) is 12.5. The van der Waals surface area contributed by atoms with Gasteiger partial charge in [-0.15, -0.1) is 11.3 Å². The number of nitrogens with one attached hydrogen (secondary N) is 2. The van der Waals surface area contributed by atoms with Crippen LogP contribution in [-0.4, -0.2) is 76.6 Å². The molecule has 14 heteroatoms. The van der Waals surface area contributed by atoms with Crippen LogP contribution in [0.4, 0.5) is 29.3 Å². The van der Waals surface area contributed by atoms with Gasteiger partial charge in [-0.05, 0) is 55.5 Å². The number of carbonyl (C=O) groups excluding carboxylic acids is 3. The van der Waals surface area contributed by atoms with Crippen LogP contribution in [0, 0.1) is 5.92 Å². The maximum atomic E-state index is 13.8. The van der Waals surface area contributed by atoms with Crippen molar-refractivity contribution in [3.05, 3.63) is 95.0 Å². The topological polar surface area (TPSA) is 124 Å². The number of ether oxygens (including phenoxy) is 1. The van der Waals surface area contributed by atoms with E-state index < -0.39 is 41.7 Å². The van der Waals surface area contributed by atoms with Gasteiger partial charge in [0.1, 0.15) is 11.1 Å². The Bertz CT molecular complexity index is 1750. The summed E-state index contributed by atoms with van der Waals surface area (Å²) in [7, 11) is 1.51. The number of aromatic nitrogens is 1. The van der Waals surface area contributed by atoms with Crippen molar-refractivity contribution in [2.45, 2.75) is 32.2 Å². The molecule has 0 aliphatic carbocycles. The SMILES string of the molecule is C[C@H](CO)N1C[C@H](C)[C@@H](CN(C)C(=O)Nc2ccc(C(F)(F)F)cc2)Oc2c(NC(=O)c3ccc(-c4nccs4)cc3)cccc2C1=O. The van der Waals surface area contributed by atoms with Crippen molar-refractivity contribution >= 4 is 40.6 Å². The Kier molecular flexibility index (Phi) is 10.3. The Morgan fingerprint density at radius 2 is 1.81 bits per heavy atom. The number of amides is 4. The highest BCUT2D eigenvalue weighted by atomic mass is 32.1. The number of para-hydroxylation sites is 1. The Hall–Kier alpha value is -4.95. The molecule has 0 radical (unpaired) electrons. The summed E-state index contributed by atoms with van der Waals surface area (Å²) in [4.78, 5) is 47.4. The molecule has 3 atom stereocenters. The smallest absolute Gasteiger partial charge is 0.416 e. The summed E-state index contributed by atoms with van der Waals surface area (Å²) < 4.78 is 45.4. The minimum atomic E-state index is -4.51. The maximum Gasteiger partial charge on any atom is 0.416 e. The Morgan fingerprint density at radius 3 is 2.44 bits per heavy atom. The number of alkyl halides is 3. The summed E-state index contributed by atoms with van der Waals surface area (Å²) in [5.41, 5.74) is 0.974. The summed E-state index contributed by atoms with van der Waals surface area (Å²) in [6, 6.07) is 14.7. The minimum Gasteiger partial charge on any atom is -0.485 e. The van der Waals surface area contributed by atoms with Crippen molar-refractivity contribution in [2.75, 3.05) is 37.4 Å². The van der Waals surface area contributed by atoms with Crippen molar-refractivity contribution in [3.63, 3.8) is 0 Å². The van der Waals surface area contributed by atoms with Gasteiger partial charge in [-0.2, -0.15) is 13.2 Å². The third-order valence-electron chi connectivity index (χ3n) is 8.03. The number of fused-ring (bicyclic) bond motifs is 1. The van der Waals surface area contributed by atoms with E-state index in [0.29, 0.717) is 5.56 Å². The van der Waals surface area contributed by atoms with Crippen LogP contribution in [0.15, 0.2) is 78.3 Å². The highest BCUT2D eigenvalue weighted by Gasteiger charge is 2.35. The van der Waals surface area contributed by atoms with E-state index in [4.69, 9.17) is 4.74 Å². The van der Waals surface area contributed by atoms with E-state index in [0.717, 1.165) is 22.7 Å². The summed E-state index contributed by atoms with van der Waals surface area (Å²) >= 11 is 1.48. The van der Waals surface area contributed by atoms with Crippen LogP contribution >= 0.6 is 11.3 Å². The molecule has 0 bridgehead atoms. The molecular formula is C34H34F3N5O5S. The third kappa shape index (κ3) is 7.77.